The number of aryl methyl sites for hydroxylation is 1. The minimum absolute atomic E-state index is 0.663. The molecule has 16 heavy (non-hydrogen) atoms. The largest absolute Gasteiger partial charge is 0.371 e. The van der Waals surface area contributed by atoms with E-state index in [1.807, 2.05) is 12.4 Å². The first-order valence-electron chi connectivity index (χ1n) is 6.13. The molecule has 0 radical (unpaired) electrons. The van der Waals surface area contributed by atoms with Crippen LogP contribution in [0.2, 0.25) is 0 Å². The molecule has 2 heterocycles. The molecular formula is C13H21N3. The second-order valence-corrected chi connectivity index (χ2v) is 4.61. The van der Waals surface area contributed by atoms with Gasteiger partial charge in [-0.15, -0.1) is 0 Å². The Morgan fingerprint density at radius 2 is 2.25 bits per heavy atom. The predicted octanol–water partition coefficient (Wildman–Crippen LogP) is 1.97. The lowest BCUT2D eigenvalue weighted by molar-refractivity contribution is 0.566. The predicted molar refractivity (Wildman–Crippen MR) is 67.9 cm³/mol. The van der Waals surface area contributed by atoms with Crippen LogP contribution in [0.4, 0.5) is 5.69 Å². The summed E-state index contributed by atoms with van der Waals surface area (Å²) in [5.41, 5.74) is 2.59. The van der Waals surface area contributed by atoms with Crippen LogP contribution in [-0.4, -0.2) is 31.2 Å². The zero-order chi connectivity index (χ0) is 11.4. The van der Waals surface area contributed by atoms with Gasteiger partial charge in [-0.1, -0.05) is 0 Å². The molecule has 3 nitrogen and oxygen atoms in total. The zero-order valence-electron chi connectivity index (χ0n) is 10.2. The summed E-state index contributed by atoms with van der Waals surface area (Å²) in [5.74, 6) is 0. The Morgan fingerprint density at radius 1 is 1.38 bits per heavy atom. The molecule has 1 unspecified atom stereocenters. The SMILES string of the molecule is Cc1cnccc1N(C)C1CCCNCC1. The maximum Gasteiger partial charge on any atom is 0.0426 e. The van der Waals surface area contributed by atoms with E-state index in [0.717, 1.165) is 6.54 Å². The van der Waals surface area contributed by atoms with Gasteiger partial charge in [0, 0.05) is 31.2 Å². The number of aromatic nitrogens is 1. The van der Waals surface area contributed by atoms with Crippen LogP contribution in [0, 0.1) is 6.92 Å². The molecule has 1 fully saturated rings. The van der Waals surface area contributed by atoms with Gasteiger partial charge in [0.25, 0.3) is 0 Å². The number of hydrogen-bond donors (Lipinski definition) is 1. The van der Waals surface area contributed by atoms with Crippen LogP contribution in [0.15, 0.2) is 18.5 Å². The van der Waals surface area contributed by atoms with Crippen LogP contribution in [0.5, 0.6) is 0 Å². The van der Waals surface area contributed by atoms with Gasteiger partial charge in [-0.25, -0.2) is 0 Å². The first-order valence-corrected chi connectivity index (χ1v) is 6.13. The first-order chi connectivity index (χ1) is 7.79. The number of nitrogens with one attached hydrogen (secondary N) is 1. The van der Waals surface area contributed by atoms with Gasteiger partial charge in [0.2, 0.25) is 0 Å². The topological polar surface area (TPSA) is 28.2 Å². The molecule has 1 aliphatic heterocycles. The molecule has 0 bridgehead atoms. The van der Waals surface area contributed by atoms with E-state index in [1.165, 1.54) is 37.1 Å². The van der Waals surface area contributed by atoms with Crippen LogP contribution in [0.3, 0.4) is 0 Å². The van der Waals surface area contributed by atoms with Gasteiger partial charge in [0.15, 0.2) is 0 Å². The maximum atomic E-state index is 4.15. The minimum Gasteiger partial charge on any atom is -0.371 e. The molecule has 1 saturated heterocycles. The molecular weight excluding hydrogens is 198 g/mol. The number of rotatable bonds is 2. The second-order valence-electron chi connectivity index (χ2n) is 4.61. The molecule has 3 heteroatoms. The third-order valence-corrected chi connectivity index (χ3v) is 3.46. The normalized spacial score (nSPS) is 21.5. The fraction of sp³-hybridized carbons (Fsp3) is 0.615. The van der Waals surface area contributed by atoms with Gasteiger partial charge in [0.1, 0.15) is 0 Å². The molecule has 2 rings (SSSR count). The van der Waals surface area contributed by atoms with E-state index in [0.29, 0.717) is 6.04 Å². The van der Waals surface area contributed by atoms with Crippen LogP contribution in [0.1, 0.15) is 24.8 Å². The van der Waals surface area contributed by atoms with E-state index in [2.05, 4.69) is 35.2 Å². The number of anilines is 1. The molecule has 0 aliphatic carbocycles. The van der Waals surface area contributed by atoms with E-state index < -0.39 is 0 Å². The van der Waals surface area contributed by atoms with Gasteiger partial charge < -0.3 is 10.2 Å². The summed E-state index contributed by atoms with van der Waals surface area (Å²) in [6, 6.07) is 2.78. The molecule has 0 aromatic carbocycles. The molecule has 0 amide bonds. The van der Waals surface area contributed by atoms with Crippen molar-refractivity contribution in [2.24, 2.45) is 0 Å². The van der Waals surface area contributed by atoms with E-state index >= 15 is 0 Å². The van der Waals surface area contributed by atoms with E-state index in [9.17, 15) is 0 Å². The Hall–Kier alpha value is -1.09. The number of pyridine rings is 1. The molecule has 0 spiro atoms. The van der Waals surface area contributed by atoms with Gasteiger partial charge in [-0.2, -0.15) is 0 Å². The van der Waals surface area contributed by atoms with Crippen LogP contribution < -0.4 is 10.2 Å². The molecule has 1 aromatic heterocycles. The average Bonchev–Trinajstić information content (AvgIpc) is 2.57. The highest BCUT2D eigenvalue weighted by Crippen LogP contribution is 2.22. The fourth-order valence-electron chi connectivity index (χ4n) is 2.45. The van der Waals surface area contributed by atoms with Crippen LogP contribution >= 0.6 is 0 Å². The number of hydrogen-bond acceptors (Lipinski definition) is 3. The standard InChI is InChI=1S/C13H21N3/c1-11-10-15-9-6-13(11)16(2)12-4-3-7-14-8-5-12/h6,9-10,12,14H,3-5,7-8H2,1-2H3. The van der Waals surface area contributed by atoms with Gasteiger partial charge in [-0.3, -0.25) is 4.98 Å². The summed E-state index contributed by atoms with van der Waals surface area (Å²) >= 11 is 0. The highest BCUT2D eigenvalue weighted by Gasteiger charge is 2.17. The third-order valence-electron chi connectivity index (χ3n) is 3.46. The molecule has 1 aliphatic rings. The third kappa shape index (κ3) is 2.53. The van der Waals surface area contributed by atoms with Crippen molar-refractivity contribution in [3.05, 3.63) is 24.0 Å². The zero-order valence-corrected chi connectivity index (χ0v) is 10.2. The summed E-state index contributed by atoms with van der Waals surface area (Å²) in [6.07, 6.45) is 7.62. The smallest absolute Gasteiger partial charge is 0.0426 e. The lowest BCUT2D eigenvalue weighted by Crippen LogP contribution is -2.32. The van der Waals surface area contributed by atoms with E-state index in [1.54, 1.807) is 0 Å². The van der Waals surface area contributed by atoms with E-state index in [4.69, 9.17) is 0 Å². The maximum absolute atomic E-state index is 4.15. The lowest BCUT2D eigenvalue weighted by atomic mass is 10.1. The van der Waals surface area contributed by atoms with Crippen LogP contribution in [0.25, 0.3) is 0 Å². The van der Waals surface area contributed by atoms with Crippen molar-refractivity contribution in [2.75, 3.05) is 25.0 Å². The Bertz CT molecular complexity index is 330. The Kier molecular flexibility index (Phi) is 3.78. The monoisotopic (exact) mass is 219 g/mol. The van der Waals surface area contributed by atoms with Crippen molar-refractivity contribution < 1.29 is 0 Å². The fourth-order valence-corrected chi connectivity index (χ4v) is 2.45. The molecule has 0 saturated carbocycles. The average molecular weight is 219 g/mol. The summed E-state index contributed by atoms with van der Waals surface area (Å²) in [6.45, 7) is 4.44. The first kappa shape index (κ1) is 11.4. The summed E-state index contributed by atoms with van der Waals surface area (Å²) < 4.78 is 0. The molecule has 1 atom stereocenters. The van der Waals surface area contributed by atoms with Crippen molar-refractivity contribution in [1.29, 1.82) is 0 Å². The van der Waals surface area contributed by atoms with E-state index in [-0.39, 0.29) is 0 Å². The highest BCUT2D eigenvalue weighted by molar-refractivity contribution is 5.51. The quantitative estimate of drug-likeness (QED) is 0.824. The van der Waals surface area contributed by atoms with Crippen molar-refractivity contribution in [2.45, 2.75) is 32.2 Å². The molecule has 1 aromatic rings. The summed E-state index contributed by atoms with van der Waals surface area (Å²) in [5, 5.41) is 3.46. The molecule has 88 valence electrons. The highest BCUT2D eigenvalue weighted by atomic mass is 15.1. The van der Waals surface area contributed by atoms with Gasteiger partial charge in [0.05, 0.1) is 0 Å². The minimum atomic E-state index is 0.663. The van der Waals surface area contributed by atoms with Gasteiger partial charge >= 0.3 is 0 Å². The van der Waals surface area contributed by atoms with Gasteiger partial charge in [-0.05, 0) is 50.9 Å². The molecule has 1 N–H and O–H groups in total. The van der Waals surface area contributed by atoms with Crippen molar-refractivity contribution in [1.82, 2.24) is 10.3 Å². The second kappa shape index (κ2) is 5.30. The van der Waals surface area contributed by atoms with Crippen LogP contribution in [-0.2, 0) is 0 Å². The van der Waals surface area contributed by atoms with Crippen molar-refractivity contribution >= 4 is 5.69 Å². The Labute approximate surface area is 97.9 Å². The lowest BCUT2D eigenvalue weighted by Gasteiger charge is -2.30. The summed E-state index contributed by atoms with van der Waals surface area (Å²) in [7, 11) is 2.21. The van der Waals surface area contributed by atoms with Crippen molar-refractivity contribution in [3.63, 3.8) is 0 Å². The Balaban J connectivity index is 2.11. The Morgan fingerprint density at radius 3 is 3.06 bits per heavy atom. The van der Waals surface area contributed by atoms with Crippen molar-refractivity contribution in [3.8, 4) is 0 Å². The summed E-state index contributed by atoms with van der Waals surface area (Å²) in [4.78, 5) is 6.57. The number of nitrogens with zero attached hydrogens (tertiary/aromatic N) is 2.